The van der Waals surface area contributed by atoms with Gasteiger partial charge in [-0.2, -0.15) is 0 Å². The maximum atomic E-state index is 11.7. The van der Waals surface area contributed by atoms with Crippen LogP contribution < -0.4 is 11.1 Å². The predicted octanol–water partition coefficient (Wildman–Crippen LogP) is -0.302. The summed E-state index contributed by atoms with van der Waals surface area (Å²) in [7, 11) is 0. The number of nitrogens with one attached hydrogen (secondary N) is 1. The third-order valence-electron chi connectivity index (χ3n) is 2.37. The minimum Gasteiger partial charge on any atom is -0.617 e. The Balaban J connectivity index is 4.31. The number of rotatable bonds is 8. The minimum atomic E-state index is -1.13. The molecular weight excluding hydrogens is 256 g/mol. The molecule has 0 bridgehead atoms. The Kier molecular flexibility index (Phi) is 7.97. The molecule has 0 aliphatic rings. The number of carbonyl (C=O) groups excluding carboxylic acids is 1. The van der Waals surface area contributed by atoms with Gasteiger partial charge in [0.1, 0.15) is 11.8 Å². The van der Waals surface area contributed by atoms with Crippen LogP contribution in [0.3, 0.4) is 0 Å². The van der Waals surface area contributed by atoms with Gasteiger partial charge in [-0.3, -0.25) is 4.79 Å². The van der Waals surface area contributed by atoms with E-state index in [1.807, 2.05) is 13.8 Å². The van der Waals surface area contributed by atoms with Gasteiger partial charge < -0.3 is 20.7 Å². The molecule has 7 heteroatoms. The second-order valence-electron chi connectivity index (χ2n) is 4.70. The number of hydrogen-bond acceptors (Lipinski definition) is 4. The van der Waals surface area contributed by atoms with Crippen molar-refractivity contribution >= 4 is 23.1 Å². The van der Waals surface area contributed by atoms with Crippen LogP contribution in [-0.4, -0.2) is 45.6 Å². The number of nitrogens with two attached hydrogens (primary N) is 1. The molecule has 0 aromatic rings. The van der Waals surface area contributed by atoms with E-state index in [1.54, 1.807) is 0 Å². The number of carboxylic acids is 1. The van der Waals surface area contributed by atoms with Crippen molar-refractivity contribution in [3.63, 3.8) is 0 Å². The smallest absolute Gasteiger partial charge is 0.326 e. The summed E-state index contributed by atoms with van der Waals surface area (Å²) >= 11 is -1.08. The molecule has 106 valence electrons. The van der Waals surface area contributed by atoms with E-state index in [2.05, 4.69) is 5.32 Å². The molecule has 0 rings (SSSR count). The van der Waals surface area contributed by atoms with Crippen molar-refractivity contribution in [3.8, 4) is 0 Å². The zero-order valence-electron chi connectivity index (χ0n) is 11.0. The van der Waals surface area contributed by atoms with Crippen molar-refractivity contribution in [2.75, 3.05) is 12.0 Å². The maximum absolute atomic E-state index is 11.7. The van der Waals surface area contributed by atoms with Gasteiger partial charge in [0.2, 0.25) is 5.91 Å². The van der Waals surface area contributed by atoms with Gasteiger partial charge in [0.05, 0.1) is 12.3 Å². The fourth-order valence-electron chi connectivity index (χ4n) is 1.43. The Hall–Kier alpha value is -0.790. The van der Waals surface area contributed by atoms with Crippen molar-refractivity contribution in [2.24, 2.45) is 11.7 Å². The van der Waals surface area contributed by atoms with Gasteiger partial charge in [-0.05, 0) is 12.3 Å². The predicted molar refractivity (Wildman–Crippen MR) is 70.5 cm³/mol. The highest BCUT2D eigenvalue weighted by molar-refractivity contribution is 7.90. The number of hydrogen-bond donors (Lipinski definition) is 3. The molecule has 4 N–H and O–H groups in total. The highest BCUT2D eigenvalue weighted by atomic mass is 32.2. The molecule has 0 radical (unpaired) electrons. The summed E-state index contributed by atoms with van der Waals surface area (Å²) < 4.78 is 10.9. The summed E-state index contributed by atoms with van der Waals surface area (Å²) in [4.78, 5) is 22.6. The molecule has 0 spiro atoms. The number of amides is 1. The molecule has 1 amide bonds. The van der Waals surface area contributed by atoms with E-state index in [1.165, 1.54) is 6.26 Å². The van der Waals surface area contributed by atoms with E-state index < -0.39 is 35.1 Å². The Morgan fingerprint density at radius 1 is 1.44 bits per heavy atom. The molecule has 18 heavy (non-hydrogen) atoms. The van der Waals surface area contributed by atoms with Gasteiger partial charge in [0, 0.05) is 6.42 Å². The molecule has 0 aliphatic carbocycles. The van der Waals surface area contributed by atoms with Crippen LogP contribution in [0.15, 0.2) is 0 Å². The maximum Gasteiger partial charge on any atom is 0.326 e. The van der Waals surface area contributed by atoms with Crippen LogP contribution in [0, 0.1) is 5.92 Å². The highest BCUT2D eigenvalue weighted by Gasteiger charge is 2.24. The Bertz CT molecular complexity index is 284. The van der Waals surface area contributed by atoms with Crippen LogP contribution in [0.5, 0.6) is 0 Å². The average Bonchev–Trinajstić information content (AvgIpc) is 2.21. The first kappa shape index (κ1) is 17.2. The summed E-state index contributed by atoms with van der Waals surface area (Å²) in [5.74, 6) is -1.11. The molecule has 3 atom stereocenters. The topological polar surface area (TPSA) is 115 Å². The van der Waals surface area contributed by atoms with Gasteiger partial charge in [0.25, 0.3) is 0 Å². The third kappa shape index (κ3) is 7.52. The van der Waals surface area contributed by atoms with E-state index in [9.17, 15) is 14.1 Å². The summed E-state index contributed by atoms with van der Waals surface area (Å²) in [5, 5.41) is 11.3. The Labute approximate surface area is 110 Å². The normalized spacial score (nSPS) is 16.1. The van der Waals surface area contributed by atoms with E-state index in [0.29, 0.717) is 6.42 Å². The quantitative estimate of drug-likeness (QED) is 0.527. The lowest BCUT2D eigenvalue weighted by atomic mass is 10.0. The molecular formula is C11H22N2O4S. The first-order valence-electron chi connectivity index (χ1n) is 5.82. The zero-order valence-corrected chi connectivity index (χ0v) is 11.8. The highest BCUT2D eigenvalue weighted by Crippen LogP contribution is 2.04. The summed E-state index contributed by atoms with van der Waals surface area (Å²) in [6.45, 7) is 3.87. The first-order valence-corrected chi connectivity index (χ1v) is 7.55. The summed E-state index contributed by atoms with van der Waals surface area (Å²) in [6.07, 6.45) is 2.13. The monoisotopic (exact) mass is 278 g/mol. The van der Waals surface area contributed by atoms with Gasteiger partial charge >= 0.3 is 5.97 Å². The molecule has 3 unspecified atom stereocenters. The van der Waals surface area contributed by atoms with Gasteiger partial charge in [-0.15, -0.1) is 0 Å². The van der Waals surface area contributed by atoms with Crippen molar-refractivity contribution < 1.29 is 19.2 Å². The van der Waals surface area contributed by atoms with Crippen molar-refractivity contribution in [1.82, 2.24) is 5.32 Å². The van der Waals surface area contributed by atoms with E-state index in [4.69, 9.17) is 10.8 Å². The second-order valence-corrected chi connectivity index (χ2v) is 6.26. The fourth-order valence-corrected chi connectivity index (χ4v) is 2.00. The lowest BCUT2D eigenvalue weighted by Gasteiger charge is -2.18. The lowest BCUT2D eigenvalue weighted by molar-refractivity contribution is -0.142. The average molecular weight is 278 g/mol. The van der Waals surface area contributed by atoms with E-state index in [0.717, 1.165) is 0 Å². The number of carbonyl (C=O) groups is 2. The second kappa shape index (κ2) is 8.34. The largest absolute Gasteiger partial charge is 0.617 e. The SMILES string of the molecule is CC(C)CC(N)C(=O)NC(CC[S+](C)[O-])C(=O)O. The molecule has 0 heterocycles. The van der Waals surface area contributed by atoms with Gasteiger partial charge in [0.15, 0.2) is 0 Å². The van der Waals surface area contributed by atoms with Crippen molar-refractivity contribution in [3.05, 3.63) is 0 Å². The Morgan fingerprint density at radius 3 is 2.39 bits per heavy atom. The molecule has 0 aromatic heterocycles. The number of carboxylic acid groups (broad SMARTS) is 1. The first-order chi connectivity index (χ1) is 8.23. The molecule has 0 aromatic carbocycles. The van der Waals surface area contributed by atoms with Crippen LogP contribution in [0.25, 0.3) is 0 Å². The molecule has 6 nitrogen and oxygen atoms in total. The van der Waals surface area contributed by atoms with E-state index >= 15 is 0 Å². The zero-order chi connectivity index (χ0) is 14.3. The lowest BCUT2D eigenvalue weighted by Crippen LogP contribution is -2.49. The fraction of sp³-hybridized carbons (Fsp3) is 0.818. The van der Waals surface area contributed by atoms with Crippen molar-refractivity contribution in [1.29, 1.82) is 0 Å². The molecule has 0 aliphatic heterocycles. The summed E-state index contributed by atoms with van der Waals surface area (Å²) in [6, 6.07) is -1.74. The molecule has 0 saturated heterocycles. The third-order valence-corrected chi connectivity index (χ3v) is 3.18. The van der Waals surface area contributed by atoms with Gasteiger partial charge in [-0.1, -0.05) is 25.0 Å². The van der Waals surface area contributed by atoms with Crippen molar-refractivity contribution in [2.45, 2.75) is 38.8 Å². The van der Waals surface area contributed by atoms with Crippen LogP contribution in [0.1, 0.15) is 26.7 Å². The Morgan fingerprint density at radius 2 is 2.00 bits per heavy atom. The van der Waals surface area contributed by atoms with E-state index in [-0.39, 0.29) is 18.1 Å². The summed E-state index contributed by atoms with van der Waals surface area (Å²) in [5.41, 5.74) is 5.66. The standard InChI is InChI=1S/C11H22N2O4S/c1-7(2)6-8(12)10(14)13-9(11(15)16)4-5-18(3)17/h7-9H,4-6,12H2,1-3H3,(H,13,14)(H,15,16). The van der Waals surface area contributed by atoms with Crippen LogP contribution >= 0.6 is 0 Å². The van der Waals surface area contributed by atoms with Gasteiger partial charge in [-0.25, -0.2) is 4.79 Å². The minimum absolute atomic E-state index is 0.137. The van der Waals surface area contributed by atoms with Crippen LogP contribution in [0.4, 0.5) is 0 Å². The van der Waals surface area contributed by atoms with Crippen LogP contribution in [0.2, 0.25) is 0 Å². The number of aliphatic carboxylic acids is 1. The van der Waals surface area contributed by atoms with Crippen LogP contribution in [-0.2, 0) is 20.8 Å². The molecule has 0 fully saturated rings. The molecule has 0 saturated carbocycles.